The largest absolute Gasteiger partial charge is 0.481 e. The molecule has 0 bridgehead atoms. The van der Waals surface area contributed by atoms with E-state index in [4.69, 9.17) is 5.11 Å². The zero-order chi connectivity index (χ0) is 14.6. The van der Waals surface area contributed by atoms with Gasteiger partial charge in [-0.15, -0.1) is 0 Å². The lowest BCUT2D eigenvalue weighted by Crippen LogP contribution is -2.06. The molecule has 0 spiro atoms. The molecule has 0 aliphatic rings. The van der Waals surface area contributed by atoms with Gasteiger partial charge in [-0.2, -0.15) is 0 Å². The van der Waals surface area contributed by atoms with E-state index in [1.165, 1.54) is 0 Å². The molecule has 0 saturated heterocycles. The van der Waals surface area contributed by atoms with E-state index in [-0.39, 0.29) is 28.9 Å². The number of carboxylic acids is 1. The molecule has 1 aromatic rings. The van der Waals surface area contributed by atoms with Crippen LogP contribution in [0.25, 0.3) is 0 Å². The van der Waals surface area contributed by atoms with E-state index in [0.29, 0.717) is 17.5 Å². The molecule has 1 unspecified atom stereocenters. The van der Waals surface area contributed by atoms with Gasteiger partial charge < -0.3 is 5.11 Å². The highest BCUT2D eigenvalue weighted by molar-refractivity contribution is 5.66. The van der Waals surface area contributed by atoms with Gasteiger partial charge in [0.05, 0.1) is 4.92 Å². The van der Waals surface area contributed by atoms with Crippen LogP contribution < -0.4 is 0 Å². The van der Waals surface area contributed by atoms with Gasteiger partial charge in [-0.3, -0.25) is 14.9 Å². The van der Waals surface area contributed by atoms with Gasteiger partial charge in [-0.25, -0.2) is 0 Å². The number of hydrogen-bond acceptors (Lipinski definition) is 3. The number of nitrogens with zero attached hydrogens (tertiary/aromatic N) is 1. The Hall–Kier alpha value is -1.91. The number of benzene rings is 1. The minimum Gasteiger partial charge on any atom is -0.481 e. The van der Waals surface area contributed by atoms with Crippen molar-refractivity contribution in [3.05, 3.63) is 39.4 Å². The molecule has 5 nitrogen and oxygen atoms in total. The first-order chi connectivity index (χ1) is 8.84. The molecule has 0 aliphatic heterocycles. The highest BCUT2D eigenvalue weighted by Gasteiger charge is 2.24. The summed E-state index contributed by atoms with van der Waals surface area (Å²) in [5.74, 6) is -0.961. The average Bonchev–Trinajstić information content (AvgIpc) is 2.34. The number of nitro groups is 1. The monoisotopic (exact) mass is 265 g/mol. The lowest BCUT2D eigenvalue weighted by Gasteiger charge is -2.15. The van der Waals surface area contributed by atoms with Crippen LogP contribution in [-0.4, -0.2) is 16.0 Å². The Morgan fingerprint density at radius 3 is 2.37 bits per heavy atom. The van der Waals surface area contributed by atoms with Crippen LogP contribution in [0.1, 0.15) is 56.6 Å². The summed E-state index contributed by atoms with van der Waals surface area (Å²) in [6.45, 7) is 5.65. The second-order valence-corrected chi connectivity index (χ2v) is 5.03. The fourth-order valence-electron chi connectivity index (χ4n) is 2.15. The van der Waals surface area contributed by atoms with E-state index < -0.39 is 5.97 Å². The van der Waals surface area contributed by atoms with E-state index in [9.17, 15) is 14.9 Å². The van der Waals surface area contributed by atoms with Crippen molar-refractivity contribution in [2.75, 3.05) is 0 Å². The first-order valence-corrected chi connectivity index (χ1v) is 6.33. The first kappa shape index (κ1) is 15.1. The van der Waals surface area contributed by atoms with Crippen molar-refractivity contribution in [1.29, 1.82) is 0 Å². The van der Waals surface area contributed by atoms with Crippen molar-refractivity contribution >= 4 is 11.7 Å². The first-order valence-electron chi connectivity index (χ1n) is 6.33. The summed E-state index contributed by atoms with van der Waals surface area (Å²) in [7, 11) is 0. The van der Waals surface area contributed by atoms with Crippen LogP contribution in [0.5, 0.6) is 0 Å². The second kappa shape index (κ2) is 6.31. The van der Waals surface area contributed by atoms with Crippen molar-refractivity contribution in [2.45, 2.75) is 45.4 Å². The molecule has 104 valence electrons. The summed E-state index contributed by atoms with van der Waals surface area (Å²) in [6.07, 6.45) is 0.419. The Morgan fingerprint density at radius 1 is 1.32 bits per heavy atom. The number of aliphatic carboxylic acids is 1. The molecule has 1 aromatic carbocycles. The molecule has 0 heterocycles. The van der Waals surface area contributed by atoms with Gasteiger partial charge in [0.15, 0.2) is 0 Å². The van der Waals surface area contributed by atoms with Gasteiger partial charge in [-0.1, -0.05) is 39.0 Å². The molecule has 1 rings (SSSR count). The van der Waals surface area contributed by atoms with E-state index in [2.05, 4.69) is 0 Å². The number of hydrogen-bond donors (Lipinski definition) is 1. The smallest absolute Gasteiger partial charge is 0.303 e. The minimum atomic E-state index is -0.880. The molecule has 0 radical (unpaired) electrons. The summed E-state index contributed by atoms with van der Waals surface area (Å²) in [5, 5.41) is 20.0. The number of carbonyl (C=O) groups is 1. The SMILES string of the molecule is CC(C)c1cccc(C(C)CCC(=O)O)c1[N+](=O)[O-]. The third kappa shape index (κ3) is 3.77. The third-order valence-electron chi connectivity index (χ3n) is 3.23. The molecule has 0 aliphatic carbocycles. The van der Waals surface area contributed by atoms with Gasteiger partial charge in [0.25, 0.3) is 5.69 Å². The van der Waals surface area contributed by atoms with E-state index in [0.717, 1.165) is 0 Å². The van der Waals surface area contributed by atoms with Crippen molar-refractivity contribution in [1.82, 2.24) is 0 Å². The van der Waals surface area contributed by atoms with Crippen LogP contribution >= 0.6 is 0 Å². The Labute approximate surface area is 112 Å². The molecule has 19 heavy (non-hydrogen) atoms. The lowest BCUT2D eigenvalue weighted by molar-refractivity contribution is -0.386. The third-order valence-corrected chi connectivity index (χ3v) is 3.23. The molecule has 1 atom stereocenters. The number of carboxylic acid groups (broad SMARTS) is 1. The predicted molar refractivity (Wildman–Crippen MR) is 72.5 cm³/mol. The molecule has 0 fully saturated rings. The van der Waals surface area contributed by atoms with E-state index >= 15 is 0 Å². The molecule has 5 heteroatoms. The highest BCUT2D eigenvalue weighted by Crippen LogP contribution is 2.35. The van der Waals surface area contributed by atoms with Crippen LogP contribution in [-0.2, 0) is 4.79 Å². The van der Waals surface area contributed by atoms with Gasteiger partial charge in [-0.05, 0) is 18.3 Å². The molecule has 0 saturated carbocycles. The predicted octanol–water partition coefficient (Wildman–Crippen LogP) is 3.69. The van der Waals surface area contributed by atoms with Crippen molar-refractivity contribution in [3.8, 4) is 0 Å². The van der Waals surface area contributed by atoms with Crippen LogP contribution in [0.3, 0.4) is 0 Å². The van der Waals surface area contributed by atoms with Crippen LogP contribution in [0.15, 0.2) is 18.2 Å². The average molecular weight is 265 g/mol. The standard InChI is InChI=1S/C14H19NO4/c1-9(2)11-5-4-6-12(14(11)15(18)19)10(3)7-8-13(16)17/h4-6,9-10H,7-8H2,1-3H3,(H,16,17). The molecular weight excluding hydrogens is 246 g/mol. The molecule has 0 aromatic heterocycles. The number of para-hydroxylation sites is 1. The molecule has 1 N–H and O–H groups in total. The maximum absolute atomic E-state index is 11.3. The summed E-state index contributed by atoms with van der Waals surface area (Å²) < 4.78 is 0. The van der Waals surface area contributed by atoms with E-state index in [1.807, 2.05) is 20.8 Å². The lowest BCUT2D eigenvalue weighted by atomic mass is 9.90. The van der Waals surface area contributed by atoms with Crippen LogP contribution in [0.2, 0.25) is 0 Å². The number of nitro benzene ring substituents is 1. The van der Waals surface area contributed by atoms with Gasteiger partial charge in [0, 0.05) is 17.5 Å². The van der Waals surface area contributed by atoms with Gasteiger partial charge in [0.2, 0.25) is 0 Å². The van der Waals surface area contributed by atoms with Crippen LogP contribution in [0, 0.1) is 10.1 Å². The fraction of sp³-hybridized carbons (Fsp3) is 0.500. The summed E-state index contributed by atoms with van der Waals surface area (Å²) in [4.78, 5) is 21.5. The maximum Gasteiger partial charge on any atom is 0.303 e. The highest BCUT2D eigenvalue weighted by atomic mass is 16.6. The summed E-state index contributed by atoms with van der Waals surface area (Å²) in [6, 6.07) is 5.28. The van der Waals surface area contributed by atoms with Crippen molar-refractivity contribution in [2.24, 2.45) is 0 Å². The quantitative estimate of drug-likeness (QED) is 0.628. The fourth-order valence-corrected chi connectivity index (χ4v) is 2.15. The Balaban J connectivity index is 3.15. The summed E-state index contributed by atoms with van der Waals surface area (Å²) in [5.41, 5.74) is 1.46. The topological polar surface area (TPSA) is 80.4 Å². The normalized spacial score (nSPS) is 12.4. The van der Waals surface area contributed by atoms with Gasteiger partial charge >= 0.3 is 5.97 Å². The number of rotatable bonds is 6. The second-order valence-electron chi connectivity index (χ2n) is 5.03. The van der Waals surface area contributed by atoms with Crippen molar-refractivity contribution < 1.29 is 14.8 Å². The molecular formula is C14H19NO4. The Kier molecular flexibility index (Phi) is 5.03. The van der Waals surface area contributed by atoms with Crippen LogP contribution in [0.4, 0.5) is 5.69 Å². The maximum atomic E-state index is 11.3. The van der Waals surface area contributed by atoms with Gasteiger partial charge in [0.1, 0.15) is 0 Å². The zero-order valence-electron chi connectivity index (χ0n) is 11.4. The minimum absolute atomic E-state index is 0.0181. The Bertz CT molecular complexity index is 482. The van der Waals surface area contributed by atoms with Crippen molar-refractivity contribution in [3.63, 3.8) is 0 Å². The van der Waals surface area contributed by atoms with E-state index in [1.54, 1.807) is 18.2 Å². The zero-order valence-corrected chi connectivity index (χ0v) is 11.4. The molecule has 0 amide bonds. The Morgan fingerprint density at radius 2 is 1.89 bits per heavy atom. The summed E-state index contributed by atoms with van der Waals surface area (Å²) >= 11 is 0.